The number of hydrogen-bond donors (Lipinski definition) is 1. The molecule has 0 saturated heterocycles. The molecule has 0 fully saturated rings. The highest BCUT2D eigenvalue weighted by molar-refractivity contribution is 6.47. The Morgan fingerprint density at radius 2 is 2.21 bits per heavy atom. The average molecular weight is 327 g/mol. The van der Waals surface area contributed by atoms with Gasteiger partial charge in [0.1, 0.15) is 11.6 Å². The fraction of sp³-hybridized carbons (Fsp3) is 0.235. The fourth-order valence-corrected chi connectivity index (χ4v) is 2.86. The van der Waals surface area contributed by atoms with Gasteiger partial charge in [0.25, 0.3) is 0 Å². The number of para-hydroxylation sites is 1. The van der Waals surface area contributed by atoms with E-state index in [0.717, 1.165) is 17.8 Å². The number of aromatic nitrogens is 1. The minimum atomic E-state index is -1.21. The Morgan fingerprint density at radius 3 is 2.92 bits per heavy atom. The van der Waals surface area contributed by atoms with Gasteiger partial charge in [-0.1, -0.05) is 12.1 Å². The van der Waals surface area contributed by atoms with Crippen LogP contribution in [0.3, 0.4) is 0 Å². The number of halogens is 1. The van der Waals surface area contributed by atoms with Crippen LogP contribution in [0, 0.1) is 5.82 Å². The number of fused-ring (bicyclic) bond motifs is 1. The van der Waals surface area contributed by atoms with E-state index >= 15 is 0 Å². The highest BCUT2D eigenvalue weighted by Gasteiger charge is 2.37. The molecule has 1 N–H and O–H groups in total. The zero-order chi connectivity index (χ0) is 17.3. The molecule has 0 bridgehead atoms. The van der Waals surface area contributed by atoms with Crippen LogP contribution >= 0.6 is 0 Å². The van der Waals surface area contributed by atoms with Crippen molar-refractivity contribution in [3.05, 3.63) is 59.2 Å². The van der Waals surface area contributed by atoms with Gasteiger partial charge < -0.3 is 9.68 Å². The zero-order valence-electron chi connectivity index (χ0n) is 13.0. The smallest absolute Gasteiger partial charge is 0.526 e. The molecule has 1 aromatic heterocycles. The molecule has 0 radical (unpaired) electrons. The molecule has 5 nitrogen and oxygen atoms in total. The summed E-state index contributed by atoms with van der Waals surface area (Å²) in [7, 11) is -1.21. The Balaban J connectivity index is 1.81. The second-order valence-electron chi connectivity index (χ2n) is 5.84. The molecular weight excluding hydrogens is 312 g/mol. The monoisotopic (exact) mass is 327 g/mol. The van der Waals surface area contributed by atoms with Crippen molar-refractivity contribution >= 4 is 18.7 Å². The van der Waals surface area contributed by atoms with Crippen molar-refractivity contribution < 1.29 is 23.7 Å². The van der Waals surface area contributed by atoms with Gasteiger partial charge in [-0.15, -0.1) is 0 Å². The lowest BCUT2D eigenvalue weighted by Crippen LogP contribution is -2.35. The van der Waals surface area contributed by atoms with Crippen LogP contribution < -0.4 is 4.65 Å². The number of rotatable bonds is 4. The first-order valence-corrected chi connectivity index (χ1v) is 7.57. The topological polar surface area (TPSA) is 76.5 Å². The van der Waals surface area contributed by atoms with Gasteiger partial charge in [0.15, 0.2) is 11.6 Å². The lowest BCUT2D eigenvalue weighted by atomic mass is 9.64. The summed E-state index contributed by atoms with van der Waals surface area (Å²) in [4.78, 5) is 27.6. The minimum Gasteiger partial charge on any atom is -0.535 e. The van der Waals surface area contributed by atoms with Gasteiger partial charge in [-0.05, 0) is 31.0 Å². The summed E-state index contributed by atoms with van der Waals surface area (Å²) < 4.78 is 18.7. The largest absolute Gasteiger partial charge is 0.535 e. The molecule has 2 heterocycles. The summed E-state index contributed by atoms with van der Waals surface area (Å²) in [5.41, 5.74) is 1.33. The van der Waals surface area contributed by atoms with E-state index in [1.807, 2.05) is 0 Å². The van der Waals surface area contributed by atoms with Crippen molar-refractivity contribution in [2.45, 2.75) is 25.6 Å². The average Bonchev–Trinajstić information content (AvgIpc) is 2.54. The van der Waals surface area contributed by atoms with Crippen molar-refractivity contribution in [3.8, 4) is 5.75 Å². The maximum Gasteiger partial charge on any atom is 0.526 e. The first kappa shape index (κ1) is 16.3. The number of hydrogen-bond acceptors (Lipinski definition) is 5. The van der Waals surface area contributed by atoms with E-state index in [1.165, 1.54) is 13.1 Å². The number of ketones is 2. The number of pyridine rings is 1. The van der Waals surface area contributed by atoms with E-state index in [1.54, 1.807) is 18.2 Å². The second kappa shape index (κ2) is 6.53. The molecule has 24 heavy (non-hydrogen) atoms. The van der Waals surface area contributed by atoms with E-state index in [0.29, 0.717) is 17.7 Å². The molecule has 0 amide bonds. The van der Waals surface area contributed by atoms with Crippen molar-refractivity contribution in [1.29, 1.82) is 0 Å². The molecule has 0 unspecified atom stereocenters. The Morgan fingerprint density at radius 1 is 1.42 bits per heavy atom. The molecule has 1 aliphatic rings. The predicted molar refractivity (Wildman–Crippen MR) is 85.6 cm³/mol. The van der Waals surface area contributed by atoms with Crippen LogP contribution in [-0.2, 0) is 6.42 Å². The summed E-state index contributed by atoms with van der Waals surface area (Å²) in [6, 6.07) is 6.30. The van der Waals surface area contributed by atoms with E-state index in [-0.39, 0.29) is 23.6 Å². The van der Waals surface area contributed by atoms with Gasteiger partial charge >= 0.3 is 7.12 Å². The third-order valence-electron chi connectivity index (χ3n) is 4.07. The van der Waals surface area contributed by atoms with E-state index in [2.05, 4.69) is 4.98 Å². The Kier molecular flexibility index (Phi) is 4.44. The number of nitrogens with zero attached hydrogens (tertiary/aromatic N) is 1. The first-order valence-electron chi connectivity index (χ1n) is 7.57. The van der Waals surface area contributed by atoms with Gasteiger partial charge in [-0.25, -0.2) is 4.39 Å². The second-order valence-corrected chi connectivity index (χ2v) is 5.84. The van der Waals surface area contributed by atoms with Crippen molar-refractivity contribution in [2.75, 3.05) is 0 Å². The van der Waals surface area contributed by atoms with E-state index in [9.17, 15) is 19.0 Å². The van der Waals surface area contributed by atoms with E-state index in [4.69, 9.17) is 4.65 Å². The standard InChI is InChI=1S/C17H15BFNO4/c1-10(21)15-4-2-3-11-5-13(18(23)24-17(11)15)7-16(22)12-6-14(19)9-20-8-12/h2-4,6,8-9,13,23H,5,7H2,1H3/t13-/m1/s1. The van der Waals surface area contributed by atoms with Gasteiger partial charge in [-0.3, -0.25) is 14.6 Å². The number of carbonyl (C=O) groups excluding carboxylic acids is 2. The van der Waals surface area contributed by atoms with Crippen LogP contribution in [0.5, 0.6) is 5.75 Å². The van der Waals surface area contributed by atoms with Crippen molar-refractivity contribution in [3.63, 3.8) is 0 Å². The Labute approximate surface area is 138 Å². The zero-order valence-corrected chi connectivity index (χ0v) is 13.0. The number of carbonyl (C=O) groups is 2. The summed E-state index contributed by atoms with van der Waals surface area (Å²) in [5.74, 6) is -1.16. The molecule has 7 heteroatoms. The molecule has 1 aromatic carbocycles. The Bertz CT molecular complexity index is 811. The van der Waals surface area contributed by atoms with Crippen LogP contribution in [0.25, 0.3) is 0 Å². The molecule has 1 atom stereocenters. The van der Waals surface area contributed by atoms with Crippen LogP contribution in [0.15, 0.2) is 36.7 Å². The highest BCUT2D eigenvalue weighted by Crippen LogP contribution is 2.36. The summed E-state index contributed by atoms with van der Waals surface area (Å²) in [5, 5.41) is 10.2. The first-order chi connectivity index (χ1) is 11.5. The lowest BCUT2D eigenvalue weighted by Gasteiger charge is -2.28. The van der Waals surface area contributed by atoms with Crippen LogP contribution in [0.2, 0.25) is 5.82 Å². The molecule has 3 rings (SSSR count). The number of benzene rings is 1. The highest BCUT2D eigenvalue weighted by atomic mass is 19.1. The van der Waals surface area contributed by atoms with Crippen LogP contribution in [0.1, 0.15) is 39.6 Å². The Hall–Kier alpha value is -2.54. The molecule has 0 saturated carbocycles. The summed E-state index contributed by atoms with van der Waals surface area (Å²) in [6.45, 7) is 1.43. The quantitative estimate of drug-likeness (QED) is 0.690. The van der Waals surface area contributed by atoms with Crippen LogP contribution in [0.4, 0.5) is 4.39 Å². The SMILES string of the molecule is CC(=O)c1cccc2c1OB(O)[C@@H](CC(=O)c1cncc(F)c1)C2. The summed E-state index contributed by atoms with van der Waals surface area (Å²) >= 11 is 0. The van der Waals surface area contributed by atoms with Gasteiger partial charge in [-0.2, -0.15) is 0 Å². The lowest BCUT2D eigenvalue weighted by molar-refractivity contribution is 0.0970. The van der Waals surface area contributed by atoms with Crippen molar-refractivity contribution in [2.24, 2.45) is 0 Å². The maximum absolute atomic E-state index is 13.2. The normalized spacial score (nSPS) is 16.3. The summed E-state index contributed by atoms with van der Waals surface area (Å²) in [6.07, 6.45) is 2.71. The molecule has 122 valence electrons. The molecule has 1 aliphatic heterocycles. The number of Topliss-reactive ketones (excluding diaryl/α,β-unsaturated/α-hetero) is 2. The molecular formula is C17H15BFNO4. The molecule has 0 spiro atoms. The minimum absolute atomic E-state index is 0.00393. The van der Waals surface area contributed by atoms with Gasteiger partial charge in [0.05, 0.1) is 11.8 Å². The molecule has 0 aliphatic carbocycles. The van der Waals surface area contributed by atoms with Gasteiger partial charge in [0.2, 0.25) is 0 Å². The third-order valence-corrected chi connectivity index (χ3v) is 4.07. The maximum atomic E-state index is 13.2. The third kappa shape index (κ3) is 3.21. The fourth-order valence-electron chi connectivity index (χ4n) is 2.86. The predicted octanol–water partition coefficient (Wildman–Crippen LogP) is 2.48. The van der Waals surface area contributed by atoms with Crippen molar-refractivity contribution in [1.82, 2.24) is 4.98 Å². The van der Waals surface area contributed by atoms with Gasteiger partial charge in [0, 0.05) is 24.0 Å². The molecule has 2 aromatic rings. The van der Waals surface area contributed by atoms with Crippen LogP contribution in [-0.4, -0.2) is 28.7 Å². The van der Waals surface area contributed by atoms with E-state index < -0.39 is 18.8 Å².